The van der Waals surface area contributed by atoms with Crippen molar-refractivity contribution in [1.29, 1.82) is 0 Å². The van der Waals surface area contributed by atoms with Gasteiger partial charge in [-0.15, -0.1) is 10.2 Å². The molecule has 4 heteroatoms. The first-order valence-corrected chi connectivity index (χ1v) is 2.39. The molecule has 0 saturated heterocycles. The van der Waals surface area contributed by atoms with Crippen molar-refractivity contribution in [3.05, 3.63) is 12.1 Å². The topological polar surface area (TPSA) is 46.0 Å². The van der Waals surface area contributed by atoms with Crippen LogP contribution >= 0.6 is 12.6 Å². The van der Waals surface area contributed by atoms with Crippen LogP contribution in [0.5, 0.6) is 5.88 Å². The lowest BCUT2D eigenvalue weighted by Crippen LogP contribution is -1.79. The van der Waals surface area contributed by atoms with Crippen molar-refractivity contribution in [1.82, 2.24) is 10.2 Å². The standard InChI is InChI=1S/C4H3N2OS/c7-3-1-2-4(8)6-5-3/h1-2H,(H,5,7). The lowest BCUT2D eigenvalue weighted by Gasteiger charge is -1.85. The van der Waals surface area contributed by atoms with Gasteiger partial charge in [-0.25, -0.2) is 0 Å². The maximum absolute atomic E-state index is 8.54. The Bertz CT molecular complexity index is 153. The van der Waals surface area contributed by atoms with E-state index in [1.165, 1.54) is 12.1 Å². The van der Waals surface area contributed by atoms with E-state index in [2.05, 4.69) is 22.8 Å². The van der Waals surface area contributed by atoms with Gasteiger partial charge in [0.25, 0.3) is 0 Å². The van der Waals surface area contributed by atoms with Crippen molar-refractivity contribution in [2.45, 2.75) is 5.03 Å². The predicted octanol–water partition coefficient (Wildman–Crippen LogP) is 0.739. The third-order valence-corrected chi connectivity index (χ3v) is 0.844. The average Bonchev–Trinajstić information content (AvgIpc) is 1.77. The normalized spacial score (nSPS) is 9.00. The molecule has 1 aromatic rings. The van der Waals surface area contributed by atoms with E-state index >= 15 is 0 Å². The van der Waals surface area contributed by atoms with Crippen molar-refractivity contribution >= 4 is 12.6 Å². The molecule has 0 bridgehead atoms. The van der Waals surface area contributed by atoms with Crippen LogP contribution in [0.1, 0.15) is 0 Å². The van der Waals surface area contributed by atoms with Crippen LogP contribution in [0.25, 0.3) is 0 Å². The van der Waals surface area contributed by atoms with Gasteiger partial charge in [0, 0.05) is 6.07 Å². The van der Waals surface area contributed by atoms with Crippen molar-refractivity contribution in [3.63, 3.8) is 0 Å². The van der Waals surface area contributed by atoms with E-state index in [0.29, 0.717) is 5.03 Å². The summed E-state index contributed by atoms with van der Waals surface area (Å²) >= 11 is 4.59. The molecule has 1 radical (unpaired) electrons. The molecule has 0 fully saturated rings. The second-order valence-corrected chi connectivity index (χ2v) is 1.65. The van der Waals surface area contributed by atoms with Gasteiger partial charge >= 0.3 is 0 Å². The number of hydrogen-bond acceptors (Lipinski definition) is 3. The van der Waals surface area contributed by atoms with Gasteiger partial charge in [-0.2, -0.15) is 0 Å². The highest BCUT2D eigenvalue weighted by Gasteiger charge is 1.87. The highest BCUT2D eigenvalue weighted by molar-refractivity contribution is 7.80. The minimum Gasteiger partial charge on any atom is -0.492 e. The second-order valence-electron chi connectivity index (χ2n) is 1.23. The van der Waals surface area contributed by atoms with Crippen LogP contribution in [0.15, 0.2) is 17.2 Å². The molecule has 0 aliphatic heterocycles. The third-order valence-electron chi connectivity index (χ3n) is 0.626. The predicted molar refractivity (Wildman–Crippen MR) is 29.6 cm³/mol. The fourth-order valence-corrected chi connectivity index (χ4v) is 0.422. The minimum absolute atomic E-state index is 0.0985. The van der Waals surface area contributed by atoms with Crippen molar-refractivity contribution in [2.75, 3.05) is 0 Å². The summed E-state index contributed by atoms with van der Waals surface area (Å²) in [6.45, 7) is 0. The highest BCUT2D eigenvalue weighted by Crippen LogP contribution is 2.03. The molecule has 0 atom stereocenters. The molecular formula is C4H3N2OS. The summed E-state index contributed by atoms with van der Waals surface area (Å²) in [4.78, 5) is 0. The van der Waals surface area contributed by atoms with Gasteiger partial charge in [0.1, 0.15) is 5.03 Å². The first-order valence-electron chi connectivity index (χ1n) is 1.99. The Morgan fingerprint density at radius 3 is 2.50 bits per heavy atom. The summed E-state index contributed by atoms with van der Waals surface area (Å²) < 4.78 is 0. The van der Waals surface area contributed by atoms with E-state index in [1.807, 2.05) is 0 Å². The van der Waals surface area contributed by atoms with E-state index in [0.717, 1.165) is 0 Å². The average molecular weight is 127 g/mol. The number of nitrogens with zero attached hydrogens (tertiary/aromatic N) is 2. The molecule has 0 amide bonds. The van der Waals surface area contributed by atoms with Crippen LogP contribution in [0.2, 0.25) is 0 Å². The van der Waals surface area contributed by atoms with Gasteiger partial charge in [0.2, 0.25) is 5.88 Å². The van der Waals surface area contributed by atoms with E-state index in [9.17, 15) is 0 Å². The van der Waals surface area contributed by atoms with E-state index in [4.69, 9.17) is 5.11 Å². The zero-order chi connectivity index (χ0) is 5.98. The monoisotopic (exact) mass is 127 g/mol. The fraction of sp³-hybridized carbons (Fsp3) is 0. The van der Waals surface area contributed by atoms with Crippen molar-refractivity contribution < 1.29 is 5.11 Å². The molecule has 0 aromatic carbocycles. The van der Waals surface area contributed by atoms with E-state index < -0.39 is 0 Å². The van der Waals surface area contributed by atoms with Crippen molar-refractivity contribution in [2.24, 2.45) is 0 Å². The van der Waals surface area contributed by atoms with Crippen molar-refractivity contribution in [3.8, 4) is 5.88 Å². The third kappa shape index (κ3) is 1.04. The van der Waals surface area contributed by atoms with Gasteiger partial charge in [-0.3, -0.25) is 0 Å². The highest BCUT2D eigenvalue weighted by atomic mass is 32.1. The quantitative estimate of drug-likeness (QED) is 0.559. The Hall–Kier alpha value is -0.900. The maximum atomic E-state index is 8.54. The van der Waals surface area contributed by atoms with Crippen LogP contribution in [0, 0.1) is 0 Å². The molecule has 1 aromatic heterocycles. The molecule has 0 aliphatic rings. The van der Waals surface area contributed by atoms with Gasteiger partial charge in [-0.05, 0) is 6.07 Å². The maximum Gasteiger partial charge on any atom is 0.231 e. The largest absolute Gasteiger partial charge is 0.492 e. The number of aromatic nitrogens is 2. The Morgan fingerprint density at radius 2 is 2.12 bits per heavy atom. The SMILES string of the molecule is Oc1ccc([S])nn1. The molecule has 1 rings (SSSR count). The minimum atomic E-state index is -0.0985. The molecular weight excluding hydrogens is 124 g/mol. The van der Waals surface area contributed by atoms with Crippen LogP contribution < -0.4 is 0 Å². The summed E-state index contributed by atoms with van der Waals surface area (Å²) in [5.41, 5.74) is 0. The van der Waals surface area contributed by atoms with E-state index in [1.54, 1.807) is 0 Å². The van der Waals surface area contributed by atoms with Gasteiger partial charge in [-0.1, -0.05) is 12.6 Å². The second kappa shape index (κ2) is 1.92. The number of hydrogen-bond donors (Lipinski definition) is 1. The zero-order valence-electron chi connectivity index (χ0n) is 3.90. The Labute approximate surface area is 51.8 Å². The van der Waals surface area contributed by atoms with Gasteiger partial charge in [0.05, 0.1) is 0 Å². The molecule has 1 N–H and O–H groups in total. The van der Waals surface area contributed by atoms with Crippen LogP contribution in [-0.2, 0) is 0 Å². The van der Waals surface area contributed by atoms with Crippen LogP contribution in [0.4, 0.5) is 0 Å². The molecule has 3 nitrogen and oxygen atoms in total. The fourth-order valence-electron chi connectivity index (χ4n) is 0.313. The Morgan fingerprint density at radius 1 is 1.38 bits per heavy atom. The summed E-state index contributed by atoms with van der Waals surface area (Å²) in [7, 11) is 0. The van der Waals surface area contributed by atoms with Crippen LogP contribution in [0.3, 0.4) is 0 Å². The molecule has 41 valence electrons. The first kappa shape index (κ1) is 5.24. The number of rotatable bonds is 0. The Kier molecular flexibility index (Phi) is 1.26. The zero-order valence-corrected chi connectivity index (χ0v) is 4.72. The smallest absolute Gasteiger partial charge is 0.231 e. The van der Waals surface area contributed by atoms with Gasteiger partial charge in [0.15, 0.2) is 0 Å². The Balaban J connectivity index is 3.03. The molecule has 0 spiro atoms. The summed E-state index contributed by atoms with van der Waals surface area (Å²) in [6, 6.07) is 2.91. The molecule has 0 aliphatic carbocycles. The lowest BCUT2D eigenvalue weighted by atomic mass is 10.6. The molecule has 0 unspecified atom stereocenters. The molecule has 1 heterocycles. The van der Waals surface area contributed by atoms with E-state index in [-0.39, 0.29) is 5.88 Å². The summed E-state index contributed by atoms with van der Waals surface area (Å²) in [5, 5.41) is 15.6. The summed E-state index contributed by atoms with van der Waals surface area (Å²) in [5.74, 6) is -0.0985. The number of aromatic hydroxyl groups is 1. The van der Waals surface area contributed by atoms with Gasteiger partial charge < -0.3 is 5.11 Å². The summed E-state index contributed by atoms with van der Waals surface area (Å²) in [6.07, 6.45) is 0. The molecule has 8 heavy (non-hydrogen) atoms. The molecule has 0 saturated carbocycles. The first-order chi connectivity index (χ1) is 3.79. The van der Waals surface area contributed by atoms with Crippen LogP contribution in [-0.4, -0.2) is 15.3 Å². The lowest BCUT2D eigenvalue weighted by molar-refractivity contribution is 0.442.